The van der Waals surface area contributed by atoms with Crippen molar-refractivity contribution >= 4 is 69.7 Å². The van der Waals surface area contributed by atoms with Crippen molar-refractivity contribution < 1.29 is 38.2 Å². The fraction of sp³-hybridized carbons (Fsp3) is 0.517. The molecule has 4 aromatic carbocycles. The number of hydrogen-bond donors (Lipinski definition) is 6. The molecule has 7 N–H and O–H groups in total. The van der Waals surface area contributed by atoms with Crippen molar-refractivity contribution in [3.8, 4) is 0 Å². The number of nitrogens with two attached hydrogens (primary N) is 1. The molecule has 0 bridgehead atoms. The topological polar surface area (TPSA) is 214 Å². The summed E-state index contributed by atoms with van der Waals surface area (Å²) >= 11 is 3.34. The molecule has 4 heterocycles. The molecule has 408 valence electrons. The molecular formula is C58H76N8O8S2. The summed E-state index contributed by atoms with van der Waals surface area (Å²) in [6, 6.07) is 27.7. The van der Waals surface area contributed by atoms with Crippen LogP contribution in [0.2, 0.25) is 0 Å². The van der Waals surface area contributed by atoms with Gasteiger partial charge in [-0.3, -0.25) is 28.8 Å². The van der Waals surface area contributed by atoms with Gasteiger partial charge in [-0.05, 0) is 120 Å². The Labute approximate surface area is 455 Å². The fourth-order valence-electron chi connectivity index (χ4n) is 11.4. The second kappa shape index (κ2) is 24.9. The van der Waals surface area contributed by atoms with Crippen LogP contribution in [0.3, 0.4) is 0 Å². The summed E-state index contributed by atoms with van der Waals surface area (Å²) in [5.74, 6) is -0.182. The third-order valence-electron chi connectivity index (χ3n) is 15.6. The third kappa shape index (κ3) is 13.2. The number of benzene rings is 4. The Morgan fingerprint density at radius 1 is 0.711 bits per heavy atom. The Hall–Kier alpha value is -5.50. The monoisotopic (exact) mass is 1080 g/mol. The zero-order valence-corrected chi connectivity index (χ0v) is 46.5. The van der Waals surface area contributed by atoms with Crippen LogP contribution in [-0.2, 0) is 51.5 Å². The van der Waals surface area contributed by atoms with E-state index in [9.17, 15) is 28.8 Å². The fourth-order valence-corrected chi connectivity index (χ4v) is 14.6. The van der Waals surface area contributed by atoms with Gasteiger partial charge >= 0.3 is 0 Å². The standard InChI is InChI=1S/C58H76N8O8S2/c1-35(60-6)53(69)62-43-22-23-75-49-29-58(4,5)51(66(49)56(43)72)55(71)64-46(41-16-12-9-13-17-41)33-74-31-37-19-21-39-20-18-36(24-42(39)25-37)30-73-32-45(40-14-10-8-11-15-40)63-54(70)50-57(2,3)28-48-65(50)47(67)27-38(34-76-48)26-44(61-7)52(59)68/h8-21,24-25,35,38,43-46,48-51,60-61H,22-23,26-34H2,1-7H3,(H2,59,68)(H,62,69)(H,63,70)(H,64,71)/t35-,38?,43-,44-,45+,46+,48-,49-,50+,51+/m0/s1. The maximum absolute atomic E-state index is 14.6. The van der Waals surface area contributed by atoms with Crippen LogP contribution < -0.4 is 32.3 Å². The van der Waals surface area contributed by atoms with Crippen molar-refractivity contribution in [1.82, 2.24) is 36.4 Å². The SMILES string of the molecule is CN[C@@H](C)C(=O)N[C@H]1CCS[C@H]2CC(C)(C)[C@@H](C(=O)N[C@H](COCc3ccc4ccc(COC[C@@H](NC(=O)[C@H]5N6C(=O)CC(C[C@H](NC)C(N)=O)CS[C@H]6CC5(C)C)c5ccccc5)cc4c3)c3ccccc3)N2C1=O. The lowest BCUT2D eigenvalue weighted by Crippen LogP contribution is -2.58. The van der Waals surface area contributed by atoms with Gasteiger partial charge in [0, 0.05) is 6.42 Å². The first kappa shape index (κ1) is 56.7. The van der Waals surface area contributed by atoms with E-state index >= 15 is 0 Å². The van der Waals surface area contributed by atoms with Gasteiger partial charge in [0.25, 0.3) is 0 Å². The van der Waals surface area contributed by atoms with E-state index in [1.165, 1.54) is 0 Å². The van der Waals surface area contributed by atoms with Gasteiger partial charge in [0.05, 0.1) is 61.3 Å². The average molecular weight is 1080 g/mol. The molecule has 0 aromatic heterocycles. The number of carbonyl (C=O) groups excluding carboxylic acids is 6. The number of rotatable bonds is 21. The Morgan fingerprint density at radius 2 is 1.24 bits per heavy atom. The molecule has 18 heteroatoms. The molecule has 0 spiro atoms. The van der Waals surface area contributed by atoms with E-state index in [-0.39, 0.29) is 79.0 Å². The second-order valence-corrected chi connectivity index (χ2v) is 24.7. The van der Waals surface area contributed by atoms with E-state index in [2.05, 4.69) is 50.8 Å². The third-order valence-corrected chi connectivity index (χ3v) is 18.3. The molecule has 76 heavy (non-hydrogen) atoms. The highest BCUT2D eigenvalue weighted by atomic mass is 32.2. The van der Waals surface area contributed by atoms with E-state index in [1.807, 2.05) is 100 Å². The molecule has 0 radical (unpaired) electrons. The first-order chi connectivity index (χ1) is 36.4. The first-order valence-electron chi connectivity index (χ1n) is 26.6. The molecule has 4 saturated heterocycles. The molecular weight excluding hydrogens is 1000 g/mol. The molecule has 10 atom stereocenters. The summed E-state index contributed by atoms with van der Waals surface area (Å²) < 4.78 is 12.8. The van der Waals surface area contributed by atoms with Crippen LogP contribution in [0.15, 0.2) is 97.1 Å². The summed E-state index contributed by atoms with van der Waals surface area (Å²) in [5.41, 5.74) is 8.28. The normalized spacial score (nSPS) is 24.6. The van der Waals surface area contributed by atoms with E-state index < -0.39 is 59.0 Å². The molecule has 0 saturated carbocycles. The maximum Gasteiger partial charge on any atom is 0.246 e. The zero-order chi connectivity index (χ0) is 54.3. The van der Waals surface area contributed by atoms with Crippen LogP contribution >= 0.6 is 23.5 Å². The van der Waals surface area contributed by atoms with Crippen molar-refractivity contribution in [1.29, 1.82) is 0 Å². The number of nitrogens with one attached hydrogen (secondary N) is 5. The van der Waals surface area contributed by atoms with Gasteiger partial charge in [-0.15, -0.1) is 23.5 Å². The predicted octanol–water partition coefficient (Wildman–Crippen LogP) is 5.94. The number of thioether (sulfide) groups is 2. The number of primary amides is 1. The highest BCUT2D eigenvalue weighted by molar-refractivity contribution is 8.00. The van der Waals surface area contributed by atoms with Crippen LogP contribution in [0.25, 0.3) is 10.8 Å². The number of likely N-dealkylation sites (N-methyl/N-ethyl adjacent to an activating group) is 2. The lowest BCUT2D eigenvalue weighted by Gasteiger charge is -2.35. The van der Waals surface area contributed by atoms with Crippen LogP contribution in [0.4, 0.5) is 0 Å². The van der Waals surface area contributed by atoms with Crippen LogP contribution in [0.1, 0.15) is 101 Å². The Morgan fingerprint density at radius 3 is 1.75 bits per heavy atom. The Bertz CT molecular complexity index is 2710. The molecule has 4 aliphatic heterocycles. The van der Waals surface area contributed by atoms with Crippen molar-refractivity contribution in [2.45, 2.75) is 133 Å². The maximum atomic E-state index is 14.6. The van der Waals surface area contributed by atoms with Crippen molar-refractivity contribution in [2.75, 3.05) is 38.8 Å². The minimum Gasteiger partial charge on any atom is -0.374 e. The van der Waals surface area contributed by atoms with Crippen molar-refractivity contribution in [2.24, 2.45) is 22.5 Å². The van der Waals surface area contributed by atoms with Crippen molar-refractivity contribution in [3.63, 3.8) is 0 Å². The minimum absolute atomic E-state index is 0.0523. The minimum atomic E-state index is -0.753. The second-order valence-electron chi connectivity index (χ2n) is 22.2. The smallest absolute Gasteiger partial charge is 0.246 e. The Balaban J connectivity index is 0.903. The van der Waals surface area contributed by atoms with Gasteiger partial charge in [0.1, 0.15) is 18.1 Å². The molecule has 1 unspecified atom stereocenters. The number of nitrogens with zero attached hydrogens (tertiary/aromatic N) is 2. The van der Waals surface area contributed by atoms with Crippen LogP contribution in [0.5, 0.6) is 0 Å². The first-order valence-corrected chi connectivity index (χ1v) is 28.7. The number of carbonyl (C=O) groups is 6. The predicted molar refractivity (Wildman–Crippen MR) is 298 cm³/mol. The number of fused-ring (bicyclic) bond motifs is 3. The summed E-state index contributed by atoms with van der Waals surface area (Å²) in [7, 11) is 3.40. The Kier molecular flexibility index (Phi) is 18.6. The van der Waals surface area contributed by atoms with Gasteiger partial charge < -0.3 is 51.6 Å². The number of amides is 6. The molecule has 4 fully saturated rings. The molecule has 0 aliphatic carbocycles. The zero-order valence-electron chi connectivity index (χ0n) is 44.8. The molecule has 8 rings (SSSR count). The van der Waals surface area contributed by atoms with E-state index in [4.69, 9.17) is 15.2 Å². The van der Waals surface area contributed by atoms with Crippen LogP contribution in [0, 0.1) is 16.7 Å². The van der Waals surface area contributed by atoms with Gasteiger partial charge in [-0.25, -0.2) is 0 Å². The van der Waals surface area contributed by atoms with Crippen LogP contribution in [-0.4, -0.2) is 125 Å². The van der Waals surface area contributed by atoms with Gasteiger partial charge in [-0.2, -0.15) is 0 Å². The molecule has 4 aromatic rings. The van der Waals surface area contributed by atoms with Gasteiger partial charge in [0.15, 0.2) is 0 Å². The highest BCUT2D eigenvalue weighted by Gasteiger charge is 2.56. The van der Waals surface area contributed by atoms with E-state index in [0.717, 1.165) is 33.0 Å². The quantitative estimate of drug-likeness (QED) is 0.0573. The summed E-state index contributed by atoms with van der Waals surface area (Å²) in [6.45, 7) is 10.9. The number of ether oxygens (including phenoxy) is 2. The molecule has 4 aliphatic rings. The summed E-state index contributed by atoms with van der Waals surface area (Å²) in [4.78, 5) is 85.7. The van der Waals surface area contributed by atoms with E-state index in [0.29, 0.717) is 37.2 Å². The highest BCUT2D eigenvalue weighted by Crippen LogP contribution is 2.48. The largest absolute Gasteiger partial charge is 0.374 e. The summed E-state index contributed by atoms with van der Waals surface area (Å²) in [6.07, 6.45) is 2.49. The molecule has 6 amide bonds. The summed E-state index contributed by atoms with van der Waals surface area (Å²) in [5, 5.41) is 17.1. The van der Waals surface area contributed by atoms with Crippen molar-refractivity contribution in [3.05, 3.63) is 119 Å². The lowest BCUT2D eigenvalue weighted by molar-refractivity contribution is -0.144. The van der Waals surface area contributed by atoms with Gasteiger partial charge in [0.2, 0.25) is 35.4 Å². The molecule has 16 nitrogen and oxygen atoms in total. The lowest BCUT2D eigenvalue weighted by atomic mass is 9.83. The van der Waals surface area contributed by atoms with E-state index in [1.54, 1.807) is 54.3 Å². The number of hydrogen-bond acceptors (Lipinski definition) is 12. The van der Waals surface area contributed by atoms with Gasteiger partial charge in [-0.1, -0.05) is 113 Å². The average Bonchev–Trinajstić information content (AvgIpc) is 3.73.